The van der Waals surface area contributed by atoms with Crippen LogP contribution >= 0.6 is 11.6 Å². The van der Waals surface area contributed by atoms with Crippen molar-refractivity contribution in [1.29, 1.82) is 0 Å². The lowest BCUT2D eigenvalue weighted by molar-refractivity contribution is -0.137. The van der Waals surface area contributed by atoms with Gasteiger partial charge in [-0.3, -0.25) is 10.1 Å². The number of nitrogen functional groups attached to an aromatic ring is 1. The normalized spacial score (nSPS) is 23.6. The van der Waals surface area contributed by atoms with E-state index in [1.165, 1.54) is 0 Å². The van der Waals surface area contributed by atoms with Gasteiger partial charge >= 0.3 is 6.18 Å². The number of nitrogens with zero attached hydrogens (tertiary/aromatic N) is 3. The van der Waals surface area contributed by atoms with Gasteiger partial charge in [-0.15, -0.1) is 0 Å². The third kappa shape index (κ3) is 6.75. The predicted molar refractivity (Wildman–Crippen MR) is 157 cm³/mol. The van der Waals surface area contributed by atoms with Crippen LogP contribution in [0, 0.1) is 5.92 Å². The van der Waals surface area contributed by atoms with Crippen LogP contribution in [-0.4, -0.2) is 40.8 Å². The van der Waals surface area contributed by atoms with Gasteiger partial charge in [0, 0.05) is 48.6 Å². The number of rotatable bonds is 7. The second kappa shape index (κ2) is 12.6. The SMILES string of the molecule is C[C@@H](NC1C2=C(CCC(CCC(=O)C3CCCCOc4ncccc43)C2)N=C(Cl)N1C)c1cc(N)cc(C(F)(F)F)c1. The van der Waals surface area contributed by atoms with Crippen LogP contribution in [0.5, 0.6) is 5.88 Å². The second-order valence-electron chi connectivity index (χ2n) is 11.5. The first kappa shape index (κ1) is 30.4. The summed E-state index contributed by atoms with van der Waals surface area (Å²) >= 11 is 6.49. The van der Waals surface area contributed by atoms with Crippen LogP contribution in [-0.2, 0) is 11.0 Å². The summed E-state index contributed by atoms with van der Waals surface area (Å²) in [6.07, 6.45) is 3.02. The van der Waals surface area contributed by atoms with Crippen molar-refractivity contribution < 1.29 is 22.7 Å². The first-order chi connectivity index (χ1) is 20.0. The smallest absolute Gasteiger partial charge is 0.416 e. The van der Waals surface area contributed by atoms with E-state index in [1.54, 1.807) is 17.2 Å². The van der Waals surface area contributed by atoms with Gasteiger partial charge in [0.25, 0.3) is 0 Å². The fraction of sp³-hybridized carbons (Fsp3) is 0.516. The van der Waals surface area contributed by atoms with Crippen molar-refractivity contribution in [2.75, 3.05) is 19.4 Å². The Morgan fingerprint density at radius 3 is 2.86 bits per heavy atom. The number of pyridine rings is 1. The fourth-order valence-corrected chi connectivity index (χ4v) is 6.46. The summed E-state index contributed by atoms with van der Waals surface area (Å²) in [7, 11) is 1.82. The summed E-state index contributed by atoms with van der Waals surface area (Å²) in [6.45, 7) is 2.42. The lowest BCUT2D eigenvalue weighted by Gasteiger charge is -2.40. The third-order valence-electron chi connectivity index (χ3n) is 8.61. The summed E-state index contributed by atoms with van der Waals surface area (Å²) in [5.41, 5.74) is 8.39. The molecule has 0 radical (unpaired) electrons. The number of fused-ring (bicyclic) bond motifs is 1. The second-order valence-corrected chi connectivity index (χ2v) is 11.9. The Balaban J connectivity index is 1.29. The van der Waals surface area contributed by atoms with Gasteiger partial charge in [0.05, 0.1) is 12.2 Å². The number of allylic oxidation sites excluding steroid dienone is 1. The number of aliphatic imine (C=N–C) groups is 1. The molecule has 0 spiro atoms. The van der Waals surface area contributed by atoms with E-state index in [9.17, 15) is 18.0 Å². The number of anilines is 1. The molecule has 4 atom stereocenters. The quantitative estimate of drug-likeness (QED) is 0.263. The Hall–Kier alpha value is -3.11. The number of ether oxygens (including phenoxy) is 1. The molecule has 3 heterocycles. The molecular weight excluding hydrogens is 567 g/mol. The maximum atomic E-state index is 13.5. The Morgan fingerprint density at radius 2 is 2.07 bits per heavy atom. The van der Waals surface area contributed by atoms with Gasteiger partial charge in [0.2, 0.25) is 5.88 Å². The largest absolute Gasteiger partial charge is 0.477 e. The Morgan fingerprint density at radius 1 is 1.26 bits per heavy atom. The van der Waals surface area contributed by atoms with Gasteiger partial charge in [-0.2, -0.15) is 13.2 Å². The van der Waals surface area contributed by atoms with Crippen LogP contribution in [0.3, 0.4) is 0 Å². The van der Waals surface area contributed by atoms with E-state index >= 15 is 0 Å². The number of amidine groups is 1. The molecule has 1 aromatic heterocycles. The molecule has 7 nitrogen and oxygen atoms in total. The summed E-state index contributed by atoms with van der Waals surface area (Å²) in [5.74, 6) is 0.831. The van der Waals surface area contributed by atoms with Crippen molar-refractivity contribution in [3.05, 3.63) is 64.5 Å². The number of benzene rings is 1. The van der Waals surface area contributed by atoms with E-state index in [4.69, 9.17) is 22.1 Å². The summed E-state index contributed by atoms with van der Waals surface area (Å²) in [5, 5.41) is 3.80. The molecule has 11 heteroatoms. The maximum absolute atomic E-state index is 13.5. The zero-order valence-electron chi connectivity index (χ0n) is 23.9. The Kier molecular flexibility index (Phi) is 9.13. The molecule has 0 amide bonds. The van der Waals surface area contributed by atoms with Crippen molar-refractivity contribution in [3.63, 3.8) is 0 Å². The van der Waals surface area contributed by atoms with E-state index in [-0.39, 0.29) is 29.5 Å². The average molecular weight is 604 g/mol. The number of nitrogens with two attached hydrogens (primary N) is 1. The number of nitrogens with one attached hydrogen (secondary N) is 1. The molecule has 5 rings (SSSR count). The van der Waals surface area contributed by atoms with Crippen molar-refractivity contribution in [2.24, 2.45) is 10.9 Å². The Labute approximate surface area is 249 Å². The van der Waals surface area contributed by atoms with Crippen LogP contribution in [0.25, 0.3) is 0 Å². The first-order valence-corrected chi connectivity index (χ1v) is 14.9. The van der Waals surface area contributed by atoms with E-state index in [0.717, 1.165) is 73.9 Å². The third-order valence-corrected chi connectivity index (χ3v) is 8.96. The number of likely N-dealkylation sites (N-methyl/N-ethyl adjacent to an activating group) is 1. The summed E-state index contributed by atoms with van der Waals surface area (Å²) < 4.78 is 46.2. The molecule has 0 saturated carbocycles. The molecule has 2 aromatic rings. The van der Waals surface area contributed by atoms with Crippen molar-refractivity contribution >= 4 is 28.4 Å². The van der Waals surface area contributed by atoms with Gasteiger partial charge in [-0.05, 0) is 105 Å². The van der Waals surface area contributed by atoms with Crippen LogP contribution < -0.4 is 15.8 Å². The number of ketones is 1. The molecule has 3 aliphatic rings. The molecule has 2 aliphatic heterocycles. The molecule has 0 fully saturated rings. The number of carbonyl (C=O) groups excluding carboxylic acids is 1. The van der Waals surface area contributed by atoms with Crippen LogP contribution in [0.1, 0.15) is 86.9 Å². The number of aromatic nitrogens is 1. The van der Waals surface area contributed by atoms with Crippen molar-refractivity contribution in [3.8, 4) is 5.88 Å². The predicted octanol–water partition coefficient (Wildman–Crippen LogP) is 6.95. The monoisotopic (exact) mass is 603 g/mol. The summed E-state index contributed by atoms with van der Waals surface area (Å²) in [6, 6.07) is 6.99. The van der Waals surface area contributed by atoms with Gasteiger partial charge < -0.3 is 15.4 Å². The van der Waals surface area contributed by atoms with E-state index in [2.05, 4.69) is 15.3 Å². The molecule has 1 aromatic carbocycles. The average Bonchev–Trinajstić information content (AvgIpc) is 2.94. The minimum absolute atomic E-state index is 0.0571. The van der Waals surface area contributed by atoms with Crippen LogP contribution in [0.4, 0.5) is 18.9 Å². The topological polar surface area (TPSA) is 92.8 Å². The van der Waals surface area contributed by atoms with Gasteiger partial charge in [0.15, 0.2) is 5.29 Å². The number of Topliss-reactive ketones (excluding diaryl/α,β-unsaturated/α-hetero) is 1. The molecule has 226 valence electrons. The number of hydrogen-bond acceptors (Lipinski definition) is 7. The molecule has 3 unspecified atom stereocenters. The van der Waals surface area contributed by atoms with Gasteiger partial charge in [-0.1, -0.05) is 6.07 Å². The van der Waals surface area contributed by atoms with Crippen LogP contribution in [0.15, 0.2) is 52.8 Å². The molecule has 0 bridgehead atoms. The number of hydrogen-bond donors (Lipinski definition) is 2. The van der Waals surface area contributed by atoms with E-state index in [1.807, 2.05) is 26.1 Å². The van der Waals surface area contributed by atoms with E-state index in [0.29, 0.717) is 29.8 Å². The van der Waals surface area contributed by atoms with Crippen LogP contribution in [0.2, 0.25) is 0 Å². The number of carbonyl (C=O) groups is 1. The standard InChI is InChI=1S/C31H37ClF3N5O2/c1-18(20-15-21(31(33,34)35)17-22(36)16-20)38-28-25-14-19(8-10-26(25)39-30(32)40(28)2)9-11-27(41)23-6-3-4-13-42-29-24(23)7-5-12-37-29/h5,7,12,15-19,23,28,38H,3-4,6,8-11,13-14,36H2,1-2H3/t18-,19?,23?,28?/m1/s1. The lowest BCUT2D eigenvalue weighted by atomic mass is 9.80. The minimum atomic E-state index is -4.49. The molecule has 0 saturated heterocycles. The van der Waals surface area contributed by atoms with Gasteiger partial charge in [-0.25, -0.2) is 9.98 Å². The molecule has 3 N–H and O–H groups in total. The lowest BCUT2D eigenvalue weighted by Crippen LogP contribution is -2.50. The number of alkyl halides is 3. The van der Waals surface area contributed by atoms with Crippen molar-refractivity contribution in [2.45, 2.75) is 82.6 Å². The zero-order chi connectivity index (χ0) is 30.0. The highest BCUT2D eigenvalue weighted by molar-refractivity contribution is 6.64. The highest BCUT2D eigenvalue weighted by atomic mass is 35.5. The van der Waals surface area contributed by atoms with Crippen molar-refractivity contribution in [1.82, 2.24) is 15.2 Å². The fourth-order valence-electron chi connectivity index (χ4n) is 6.26. The van der Waals surface area contributed by atoms with Gasteiger partial charge in [0.1, 0.15) is 11.9 Å². The minimum Gasteiger partial charge on any atom is -0.477 e. The maximum Gasteiger partial charge on any atom is 0.416 e. The highest BCUT2D eigenvalue weighted by Gasteiger charge is 2.36. The molecule has 42 heavy (non-hydrogen) atoms. The zero-order valence-corrected chi connectivity index (χ0v) is 24.6. The first-order valence-electron chi connectivity index (χ1n) is 14.5. The molecule has 1 aliphatic carbocycles. The summed E-state index contributed by atoms with van der Waals surface area (Å²) in [4.78, 5) is 24.3. The van der Waals surface area contributed by atoms with E-state index < -0.39 is 17.8 Å². The number of halogens is 4. The molecular formula is C31H37ClF3N5O2. The Bertz CT molecular complexity index is 1380. The highest BCUT2D eigenvalue weighted by Crippen LogP contribution is 2.40.